The van der Waals surface area contributed by atoms with E-state index in [4.69, 9.17) is 0 Å². The van der Waals surface area contributed by atoms with Gasteiger partial charge in [0.25, 0.3) is 0 Å². The van der Waals surface area contributed by atoms with Gasteiger partial charge >= 0.3 is 0 Å². The molecule has 2 aliphatic rings. The molecule has 2 aliphatic carbocycles. The standard InChI is InChI=1S/C14H28Si.C3H8/c1-11-9-10-12(2)14(11)15(3,4)13-7-5-6-8-13;1-3-2/h11-14H,5-10H2,1-4H3;3H2,1-2H3. The van der Waals surface area contributed by atoms with Gasteiger partial charge in [-0.1, -0.05) is 85.7 Å². The normalized spacial score (nSPS) is 33.3. The fourth-order valence-corrected chi connectivity index (χ4v) is 10.6. The summed E-state index contributed by atoms with van der Waals surface area (Å²) < 4.78 is 0. The molecule has 18 heavy (non-hydrogen) atoms. The summed E-state index contributed by atoms with van der Waals surface area (Å²) in [6.45, 7) is 14.7. The van der Waals surface area contributed by atoms with Crippen molar-refractivity contribution in [3.8, 4) is 0 Å². The summed E-state index contributed by atoms with van der Waals surface area (Å²) >= 11 is 0. The lowest BCUT2D eigenvalue weighted by Crippen LogP contribution is -2.40. The summed E-state index contributed by atoms with van der Waals surface area (Å²) in [6, 6.07) is 0. The first-order valence-electron chi connectivity index (χ1n) is 8.45. The highest BCUT2D eigenvalue weighted by Gasteiger charge is 2.46. The lowest BCUT2D eigenvalue weighted by molar-refractivity contribution is 0.522. The minimum absolute atomic E-state index is 0.963. The second-order valence-electron chi connectivity index (χ2n) is 7.57. The van der Waals surface area contributed by atoms with Crippen LogP contribution in [0, 0.1) is 11.8 Å². The van der Waals surface area contributed by atoms with Crippen LogP contribution in [-0.4, -0.2) is 8.07 Å². The Bertz CT molecular complexity index is 218. The van der Waals surface area contributed by atoms with Crippen LogP contribution in [0.15, 0.2) is 0 Å². The van der Waals surface area contributed by atoms with Gasteiger partial charge in [0.1, 0.15) is 0 Å². The van der Waals surface area contributed by atoms with Gasteiger partial charge in [-0.3, -0.25) is 0 Å². The predicted octanol–water partition coefficient (Wildman–Crippen LogP) is 6.49. The Morgan fingerprint density at radius 3 is 1.61 bits per heavy atom. The van der Waals surface area contributed by atoms with Crippen molar-refractivity contribution in [2.45, 2.75) is 96.8 Å². The fraction of sp³-hybridized carbons (Fsp3) is 1.00. The van der Waals surface area contributed by atoms with Crippen LogP contribution in [-0.2, 0) is 0 Å². The molecule has 2 unspecified atom stereocenters. The van der Waals surface area contributed by atoms with E-state index in [1.54, 1.807) is 12.8 Å². The summed E-state index contributed by atoms with van der Waals surface area (Å²) in [5, 5.41) is 0. The summed E-state index contributed by atoms with van der Waals surface area (Å²) in [5.41, 5.74) is 2.28. The van der Waals surface area contributed by atoms with E-state index >= 15 is 0 Å². The van der Waals surface area contributed by atoms with E-state index in [1.165, 1.54) is 32.1 Å². The zero-order chi connectivity index (χ0) is 13.8. The third-order valence-corrected chi connectivity index (χ3v) is 11.1. The summed E-state index contributed by atoms with van der Waals surface area (Å²) in [7, 11) is -0.963. The van der Waals surface area contributed by atoms with Crippen LogP contribution < -0.4 is 0 Å². The van der Waals surface area contributed by atoms with Crippen LogP contribution in [0.3, 0.4) is 0 Å². The molecule has 0 aromatic heterocycles. The Hall–Kier alpha value is 0.217. The monoisotopic (exact) mass is 268 g/mol. The maximum absolute atomic E-state index is 2.70. The van der Waals surface area contributed by atoms with Crippen molar-refractivity contribution in [3.63, 3.8) is 0 Å². The van der Waals surface area contributed by atoms with Gasteiger partial charge < -0.3 is 0 Å². The largest absolute Gasteiger partial charge is 0.0689 e. The minimum atomic E-state index is -0.963. The van der Waals surface area contributed by atoms with Gasteiger partial charge in [0.2, 0.25) is 0 Å². The lowest BCUT2D eigenvalue weighted by atomic mass is 10.1. The van der Waals surface area contributed by atoms with Gasteiger partial charge in [0, 0.05) is 0 Å². The Balaban J connectivity index is 0.000000492. The highest BCUT2D eigenvalue weighted by molar-refractivity contribution is 6.80. The van der Waals surface area contributed by atoms with Crippen molar-refractivity contribution >= 4 is 8.07 Å². The molecule has 0 spiro atoms. The van der Waals surface area contributed by atoms with Crippen molar-refractivity contribution in [3.05, 3.63) is 0 Å². The molecule has 0 nitrogen and oxygen atoms in total. The molecule has 0 aromatic rings. The molecule has 108 valence electrons. The van der Waals surface area contributed by atoms with Gasteiger partial charge in [-0.2, -0.15) is 0 Å². The van der Waals surface area contributed by atoms with Gasteiger partial charge in [0.05, 0.1) is 8.07 Å². The van der Waals surface area contributed by atoms with E-state index in [0.29, 0.717) is 0 Å². The lowest BCUT2D eigenvalue weighted by Gasteiger charge is -2.40. The zero-order valence-corrected chi connectivity index (χ0v) is 14.8. The molecular weight excluding hydrogens is 232 g/mol. The molecule has 2 saturated carbocycles. The van der Waals surface area contributed by atoms with E-state index in [-0.39, 0.29) is 0 Å². The molecule has 0 heterocycles. The first-order chi connectivity index (χ1) is 8.45. The van der Waals surface area contributed by atoms with Gasteiger partial charge in [0.15, 0.2) is 0 Å². The molecule has 0 saturated heterocycles. The van der Waals surface area contributed by atoms with Crippen LogP contribution in [0.5, 0.6) is 0 Å². The predicted molar refractivity (Wildman–Crippen MR) is 87.0 cm³/mol. The minimum Gasteiger partial charge on any atom is -0.0689 e. The molecule has 2 fully saturated rings. The second kappa shape index (κ2) is 7.12. The van der Waals surface area contributed by atoms with Crippen LogP contribution in [0.4, 0.5) is 0 Å². The first kappa shape index (κ1) is 16.3. The van der Waals surface area contributed by atoms with E-state index < -0.39 is 8.07 Å². The third-order valence-electron chi connectivity index (χ3n) is 5.57. The van der Waals surface area contributed by atoms with Crippen molar-refractivity contribution in [2.24, 2.45) is 11.8 Å². The van der Waals surface area contributed by atoms with Crippen LogP contribution in [0.2, 0.25) is 24.2 Å². The maximum Gasteiger partial charge on any atom is 0.0541 e. The quantitative estimate of drug-likeness (QED) is 0.502. The van der Waals surface area contributed by atoms with Crippen LogP contribution >= 0.6 is 0 Å². The highest BCUT2D eigenvalue weighted by atomic mass is 28.3. The average Bonchev–Trinajstić information content (AvgIpc) is 2.90. The molecule has 2 atom stereocenters. The highest BCUT2D eigenvalue weighted by Crippen LogP contribution is 2.54. The number of hydrogen-bond donors (Lipinski definition) is 0. The SMILES string of the molecule is CC1CCC(C)C1[Si](C)(C)C1CCCC1.CCC. The van der Waals surface area contributed by atoms with E-state index in [2.05, 4.69) is 40.8 Å². The topological polar surface area (TPSA) is 0 Å². The Morgan fingerprint density at radius 2 is 1.22 bits per heavy atom. The Kier molecular flexibility index (Phi) is 6.44. The van der Waals surface area contributed by atoms with Gasteiger partial charge in [-0.25, -0.2) is 0 Å². The van der Waals surface area contributed by atoms with Crippen molar-refractivity contribution < 1.29 is 0 Å². The van der Waals surface area contributed by atoms with Gasteiger partial charge in [-0.15, -0.1) is 0 Å². The molecule has 0 aromatic carbocycles. The maximum atomic E-state index is 2.70. The second-order valence-corrected chi connectivity index (χ2v) is 12.7. The molecule has 0 amide bonds. The Morgan fingerprint density at radius 1 is 0.833 bits per heavy atom. The van der Waals surface area contributed by atoms with Crippen LogP contribution in [0.25, 0.3) is 0 Å². The van der Waals surface area contributed by atoms with E-state index in [0.717, 1.165) is 22.9 Å². The first-order valence-corrected chi connectivity index (χ1v) is 11.6. The number of hydrogen-bond acceptors (Lipinski definition) is 0. The third kappa shape index (κ3) is 3.62. The molecular formula is C17H36Si. The summed E-state index contributed by atoms with van der Waals surface area (Å²) in [6.07, 6.45) is 10.4. The number of rotatable bonds is 2. The summed E-state index contributed by atoms with van der Waals surface area (Å²) in [4.78, 5) is 0. The molecule has 0 radical (unpaired) electrons. The van der Waals surface area contributed by atoms with Crippen LogP contribution in [0.1, 0.15) is 72.6 Å². The van der Waals surface area contributed by atoms with Crippen molar-refractivity contribution in [1.29, 1.82) is 0 Å². The fourth-order valence-electron chi connectivity index (χ4n) is 4.85. The Labute approximate surface area is 117 Å². The average molecular weight is 269 g/mol. The van der Waals surface area contributed by atoms with E-state index in [9.17, 15) is 0 Å². The molecule has 1 heteroatoms. The molecule has 2 rings (SSSR count). The molecule has 0 bridgehead atoms. The summed E-state index contributed by atoms with van der Waals surface area (Å²) in [5.74, 6) is 2.06. The van der Waals surface area contributed by atoms with Crippen molar-refractivity contribution in [1.82, 2.24) is 0 Å². The molecule has 0 N–H and O–H groups in total. The molecule has 0 aliphatic heterocycles. The zero-order valence-electron chi connectivity index (χ0n) is 13.8. The van der Waals surface area contributed by atoms with E-state index in [1.807, 2.05) is 0 Å². The van der Waals surface area contributed by atoms with Crippen molar-refractivity contribution in [2.75, 3.05) is 0 Å². The smallest absolute Gasteiger partial charge is 0.0541 e. The van der Waals surface area contributed by atoms with Gasteiger partial charge in [-0.05, 0) is 22.9 Å².